The van der Waals surface area contributed by atoms with Gasteiger partial charge in [-0.05, 0) is 24.1 Å². The van der Waals surface area contributed by atoms with Crippen molar-refractivity contribution < 1.29 is 23.0 Å². The van der Waals surface area contributed by atoms with Gasteiger partial charge in [0.25, 0.3) is 0 Å². The van der Waals surface area contributed by atoms with Crippen molar-refractivity contribution in [3.8, 4) is 11.5 Å². The first kappa shape index (κ1) is 21.8. The molecule has 1 saturated heterocycles. The van der Waals surface area contributed by atoms with Gasteiger partial charge in [0.2, 0.25) is 5.91 Å². The summed E-state index contributed by atoms with van der Waals surface area (Å²) in [6.45, 7) is 0.872. The molecule has 0 N–H and O–H groups in total. The van der Waals surface area contributed by atoms with Crippen LogP contribution in [0, 0.1) is 0 Å². The number of halogens is 2. The molecule has 30 heavy (non-hydrogen) atoms. The van der Waals surface area contributed by atoms with Gasteiger partial charge in [-0.2, -0.15) is 8.78 Å². The van der Waals surface area contributed by atoms with Crippen LogP contribution >= 0.6 is 0 Å². The summed E-state index contributed by atoms with van der Waals surface area (Å²) in [6, 6.07) is 15.1. The summed E-state index contributed by atoms with van der Waals surface area (Å²) < 4.78 is 35.1. The number of methoxy groups -OCH3 is 1. The smallest absolute Gasteiger partial charge is 0.387 e. The molecule has 0 spiro atoms. The summed E-state index contributed by atoms with van der Waals surface area (Å²) in [6.07, 6.45) is 3.87. The van der Waals surface area contributed by atoms with Crippen LogP contribution in [0.15, 0.2) is 54.6 Å². The van der Waals surface area contributed by atoms with Crippen LogP contribution in [-0.4, -0.2) is 62.2 Å². The number of hydrogen-bond acceptors (Lipinski definition) is 4. The fourth-order valence-electron chi connectivity index (χ4n) is 3.43. The van der Waals surface area contributed by atoms with Gasteiger partial charge < -0.3 is 14.4 Å². The molecule has 3 rings (SSSR count). The maximum absolute atomic E-state index is 12.7. The minimum atomic E-state index is -2.98. The van der Waals surface area contributed by atoms with Crippen molar-refractivity contribution in [1.29, 1.82) is 0 Å². The monoisotopic (exact) mass is 416 g/mol. The highest BCUT2D eigenvalue weighted by molar-refractivity contribution is 5.92. The van der Waals surface area contributed by atoms with Crippen LogP contribution in [0.3, 0.4) is 0 Å². The van der Waals surface area contributed by atoms with Crippen molar-refractivity contribution in [2.24, 2.45) is 0 Å². The Kier molecular flexibility index (Phi) is 7.79. The van der Waals surface area contributed by atoms with Crippen LogP contribution in [0.2, 0.25) is 0 Å². The molecule has 0 aromatic heterocycles. The molecule has 1 heterocycles. The molecular weight excluding hydrogens is 390 g/mol. The second-order valence-corrected chi connectivity index (χ2v) is 6.99. The summed E-state index contributed by atoms with van der Waals surface area (Å²) in [4.78, 5) is 16.7. The van der Waals surface area contributed by atoms with Gasteiger partial charge in [0.1, 0.15) is 0 Å². The summed E-state index contributed by atoms with van der Waals surface area (Å²) in [7, 11) is 1.38. The first-order valence-electron chi connectivity index (χ1n) is 9.92. The minimum Gasteiger partial charge on any atom is -0.493 e. The topological polar surface area (TPSA) is 42.0 Å². The van der Waals surface area contributed by atoms with E-state index in [1.54, 1.807) is 17.0 Å². The summed E-state index contributed by atoms with van der Waals surface area (Å²) in [5.41, 5.74) is 1.67. The minimum absolute atomic E-state index is 0.0789. The van der Waals surface area contributed by atoms with Gasteiger partial charge in [-0.1, -0.05) is 42.5 Å². The van der Waals surface area contributed by atoms with E-state index in [2.05, 4.69) is 21.8 Å². The van der Waals surface area contributed by atoms with E-state index in [9.17, 15) is 13.6 Å². The molecule has 0 radical (unpaired) electrons. The Balaban J connectivity index is 1.54. The third-order valence-corrected chi connectivity index (χ3v) is 5.09. The lowest BCUT2D eigenvalue weighted by Gasteiger charge is -2.34. The molecule has 160 valence electrons. The molecule has 0 bridgehead atoms. The van der Waals surface area contributed by atoms with Crippen molar-refractivity contribution >= 4 is 12.0 Å². The Morgan fingerprint density at radius 1 is 1.07 bits per heavy atom. The highest BCUT2D eigenvalue weighted by atomic mass is 19.3. The summed E-state index contributed by atoms with van der Waals surface area (Å²) in [5, 5.41) is 0. The maximum atomic E-state index is 12.7. The highest BCUT2D eigenvalue weighted by Crippen LogP contribution is 2.33. The molecule has 1 aliphatic rings. The third-order valence-electron chi connectivity index (χ3n) is 5.09. The molecule has 1 amide bonds. The van der Waals surface area contributed by atoms with Crippen LogP contribution in [0.25, 0.3) is 6.08 Å². The molecule has 7 heteroatoms. The van der Waals surface area contributed by atoms with Gasteiger partial charge in [0.15, 0.2) is 11.5 Å². The van der Waals surface area contributed by atoms with Crippen molar-refractivity contribution in [1.82, 2.24) is 9.80 Å². The molecule has 2 aromatic rings. The summed E-state index contributed by atoms with van der Waals surface area (Å²) in [5.74, 6) is -0.0368. The lowest BCUT2D eigenvalue weighted by molar-refractivity contribution is -0.127. The van der Waals surface area contributed by atoms with E-state index in [4.69, 9.17) is 4.74 Å². The number of nitrogens with zero attached hydrogens (tertiary/aromatic N) is 2. The lowest BCUT2D eigenvalue weighted by Crippen LogP contribution is -2.48. The van der Waals surface area contributed by atoms with Gasteiger partial charge in [-0.3, -0.25) is 9.69 Å². The Morgan fingerprint density at radius 2 is 1.80 bits per heavy atom. The molecule has 0 saturated carbocycles. The molecule has 1 fully saturated rings. The first-order chi connectivity index (χ1) is 14.6. The standard InChI is InChI=1S/C23H26F2N2O3/c1-29-20-9-5-8-19(22(20)30-23(24)25)10-11-21(28)27-16-14-26(15-17-27)13-12-18-6-3-2-4-7-18/h2-11,23H,12-17H2,1H3/b11-10+. The van der Waals surface area contributed by atoms with Gasteiger partial charge in [0, 0.05) is 44.4 Å². The largest absolute Gasteiger partial charge is 0.493 e. The molecular formula is C23H26F2N2O3. The van der Waals surface area contributed by atoms with E-state index in [0.717, 1.165) is 26.1 Å². The van der Waals surface area contributed by atoms with E-state index in [-0.39, 0.29) is 17.4 Å². The van der Waals surface area contributed by atoms with Gasteiger partial charge in [-0.15, -0.1) is 0 Å². The van der Waals surface area contributed by atoms with Crippen LogP contribution in [0.5, 0.6) is 11.5 Å². The molecule has 0 atom stereocenters. The number of alkyl halides is 2. The Morgan fingerprint density at radius 3 is 2.47 bits per heavy atom. The first-order valence-corrected chi connectivity index (χ1v) is 9.92. The fourth-order valence-corrected chi connectivity index (χ4v) is 3.43. The third kappa shape index (κ3) is 6.03. The SMILES string of the molecule is COc1cccc(/C=C/C(=O)N2CCN(CCc3ccccc3)CC2)c1OC(F)F. The fraction of sp³-hybridized carbons (Fsp3) is 0.348. The zero-order chi connectivity index (χ0) is 21.3. The number of hydrogen-bond donors (Lipinski definition) is 0. The zero-order valence-electron chi connectivity index (χ0n) is 17.0. The molecule has 0 unspecified atom stereocenters. The van der Waals surface area contributed by atoms with Crippen molar-refractivity contribution in [3.05, 3.63) is 65.7 Å². The van der Waals surface area contributed by atoms with Crippen LogP contribution < -0.4 is 9.47 Å². The number of piperazine rings is 1. The second kappa shape index (κ2) is 10.7. The Bertz CT molecular complexity index is 851. The van der Waals surface area contributed by atoms with Gasteiger partial charge in [0.05, 0.1) is 7.11 Å². The second-order valence-electron chi connectivity index (χ2n) is 6.99. The molecule has 0 aliphatic carbocycles. The molecule has 1 aliphatic heterocycles. The number of carbonyl (C=O) groups is 1. The van der Waals surface area contributed by atoms with E-state index < -0.39 is 6.61 Å². The number of carbonyl (C=O) groups excluding carboxylic acids is 1. The van der Waals surface area contributed by atoms with Gasteiger partial charge >= 0.3 is 6.61 Å². The number of benzene rings is 2. The predicted molar refractivity (Wildman–Crippen MR) is 112 cm³/mol. The number of amides is 1. The predicted octanol–water partition coefficient (Wildman–Crippen LogP) is 3.70. The van der Waals surface area contributed by atoms with Crippen LogP contribution in [0.4, 0.5) is 8.78 Å². The number of rotatable bonds is 8. The molecule has 5 nitrogen and oxygen atoms in total. The summed E-state index contributed by atoms with van der Waals surface area (Å²) >= 11 is 0. The van der Waals surface area contributed by atoms with Gasteiger partial charge in [-0.25, -0.2) is 0 Å². The normalized spacial score (nSPS) is 15.0. The number of para-hydroxylation sites is 1. The van der Waals surface area contributed by atoms with Crippen molar-refractivity contribution in [3.63, 3.8) is 0 Å². The van der Waals surface area contributed by atoms with Crippen molar-refractivity contribution in [2.75, 3.05) is 39.8 Å². The quantitative estimate of drug-likeness (QED) is 0.616. The van der Waals surface area contributed by atoms with E-state index >= 15 is 0 Å². The number of ether oxygens (including phenoxy) is 2. The Hall–Kier alpha value is -2.93. The van der Waals surface area contributed by atoms with E-state index in [0.29, 0.717) is 18.7 Å². The average molecular weight is 416 g/mol. The highest BCUT2D eigenvalue weighted by Gasteiger charge is 2.20. The van der Waals surface area contributed by atoms with Crippen molar-refractivity contribution in [2.45, 2.75) is 13.0 Å². The zero-order valence-corrected chi connectivity index (χ0v) is 17.0. The van der Waals surface area contributed by atoms with E-state index in [1.807, 2.05) is 18.2 Å². The van der Waals surface area contributed by atoms with Crippen LogP contribution in [-0.2, 0) is 11.2 Å². The molecule has 2 aromatic carbocycles. The maximum Gasteiger partial charge on any atom is 0.387 e. The van der Waals surface area contributed by atoms with E-state index in [1.165, 1.54) is 30.9 Å². The lowest BCUT2D eigenvalue weighted by atomic mass is 10.1. The van der Waals surface area contributed by atoms with Crippen LogP contribution in [0.1, 0.15) is 11.1 Å². The Labute approximate surface area is 175 Å². The average Bonchev–Trinajstić information content (AvgIpc) is 2.77.